The van der Waals surface area contributed by atoms with E-state index < -0.39 is 0 Å². The van der Waals surface area contributed by atoms with E-state index in [2.05, 4.69) is 15.1 Å². The van der Waals surface area contributed by atoms with Gasteiger partial charge in [0.1, 0.15) is 5.82 Å². The van der Waals surface area contributed by atoms with Gasteiger partial charge in [-0.25, -0.2) is 4.39 Å². The highest BCUT2D eigenvalue weighted by atomic mass is 19.1. The van der Waals surface area contributed by atoms with Crippen molar-refractivity contribution in [1.82, 2.24) is 20.0 Å². The lowest BCUT2D eigenvalue weighted by Crippen LogP contribution is -2.48. The summed E-state index contributed by atoms with van der Waals surface area (Å²) in [5, 5.41) is 6.76. The van der Waals surface area contributed by atoms with Crippen LogP contribution in [0.4, 0.5) is 4.39 Å². The lowest BCUT2D eigenvalue weighted by Gasteiger charge is -2.34. The fourth-order valence-electron chi connectivity index (χ4n) is 3.38. The van der Waals surface area contributed by atoms with Crippen LogP contribution in [-0.4, -0.2) is 52.1 Å². The first-order valence-corrected chi connectivity index (χ1v) is 9.04. The first-order chi connectivity index (χ1) is 13.2. The number of benzene rings is 2. The van der Waals surface area contributed by atoms with Gasteiger partial charge < -0.3 is 4.90 Å². The van der Waals surface area contributed by atoms with E-state index >= 15 is 0 Å². The Hall–Kier alpha value is -2.99. The lowest BCUT2D eigenvalue weighted by atomic mass is 10.1. The van der Waals surface area contributed by atoms with Gasteiger partial charge in [0.2, 0.25) is 0 Å². The van der Waals surface area contributed by atoms with E-state index in [4.69, 9.17) is 0 Å². The zero-order chi connectivity index (χ0) is 18.6. The van der Waals surface area contributed by atoms with Crippen molar-refractivity contribution in [2.45, 2.75) is 6.54 Å². The minimum absolute atomic E-state index is 0.0572. The molecule has 1 N–H and O–H groups in total. The molecule has 0 spiro atoms. The molecule has 1 amide bonds. The van der Waals surface area contributed by atoms with Crippen molar-refractivity contribution in [3.8, 4) is 11.1 Å². The monoisotopic (exact) mass is 364 g/mol. The van der Waals surface area contributed by atoms with Gasteiger partial charge in [0.25, 0.3) is 5.91 Å². The number of aromatic nitrogens is 2. The molecule has 0 bridgehead atoms. The van der Waals surface area contributed by atoms with Gasteiger partial charge in [-0.3, -0.25) is 14.8 Å². The summed E-state index contributed by atoms with van der Waals surface area (Å²) in [6.45, 7) is 3.78. The fourth-order valence-corrected chi connectivity index (χ4v) is 3.38. The maximum absolute atomic E-state index is 13.0. The van der Waals surface area contributed by atoms with Crippen LogP contribution in [0.2, 0.25) is 0 Å². The van der Waals surface area contributed by atoms with Crippen LogP contribution in [0, 0.1) is 5.82 Å². The van der Waals surface area contributed by atoms with E-state index in [1.54, 1.807) is 6.20 Å². The largest absolute Gasteiger partial charge is 0.336 e. The van der Waals surface area contributed by atoms with Crippen LogP contribution >= 0.6 is 0 Å². The predicted octanol–water partition coefficient (Wildman–Crippen LogP) is 3.17. The second-order valence-corrected chi connectivity index (χ2v) is 6.76. The van der Waals surface area contributed by atoms with Crippen molar-refractivity contribution < 1.29 is 9.18 Å². The second kappa shape index (κ2) is 7.72. The quantitative estimate of drug-likeness (QED) is 0.774. The van der Waals surface area contributed by atoms with Gasteiger partial charge in [0.05, 0.1) is 6.20 Å². The van der Waals surface area contributed by atoms with E-state index in [-0.39, 0.29) is 11.7 Å². The molecule has 5 nitrogen and oxygen atoms in total. The van der Waals surface area contributed by atoms with Crippen LogP contribution in [0.3, 0.4) is 0 Å². The minimum Gasteiger partial charge on any atom is -0.336 e. The van der Waals surface area contributed by atoms with Crippen LogP contribution in [-0.2, 0) is 6.54 Å². The van der Waals surface area contributed by atoms with E-state index in [0.29, 0.717) is 18.7 Å². The van der Waals surface area contributed by atoms with Gasteiger partial charge in [-0.15, -0.1) is 0 Å². The van der Waals surface area contributed by atoms with Crippen molar-refractivity contribution >= 4 is 5.91 Å². The maximum Gasteiger partial charge on any atom is 0.253 e. The average Bonchev–Trinajstić information content (AvgIpc) is 3.25. The highest BCUT2D eigenvalue weighted by molar-refractivity contribution is 5.95. The van der Waals surface area contributed by atoms with Gasteiger partial charge in [0, 0.05) is 50.0 Å². The summed E-state index contributed by atoms with van der Waals surface area (Å²) in [7, 11) is 0. The molecule has 6 heteroatoms. The number of nitrogens with zero attached hydrogens (tertiary/aromatic N) is 3. The number of hydrogen-bond donors (Lipinski definition) is 1. The molecular formula is C21H21FN4O. The van der Waals surface area contributed by atoms with Crippen molar-refractivity contribution in [2.75, 3.05) is 26.2 Å². The summed E-state index contributed by atoms with van der Waals surface area (Å²) < 4.78 is 13.0. The van der Waals surface area contributed by atoms with Crippen molar-refractivity contribution in [1.29, 1.82) is 0 Å². The van der Waals surface area contributed by atoms with E-state index in [9.17, 15) is 9.18 Å². The summed E-state index contributed by atoms with van der Waals surface area (Å²) in [6.07, 6.45) is 3.57. The number of aromatic amines is 1. The number of hydrogen-bond acceptors (Lipinski definition) is 3. The summed E-state index contributed by atoms with van der Waals surface area (Å²) >= 11 is 0. The summed E-state index contributed by atoms with van der Waals surface area (Å²) in [5.41, 5.74) is 3.72. The number of carbonyl (C=O) groups excluding carboxylic acids is 1. The number of piperazine rings is 1. The van der Waals surface area contributed by atoms with Crippen molar-refractivity contribution in [3.63, 3.8) is 0 Å². The molecule has 1 saturated heterocycles. The molecule has 0 atom stereocenters. The first kappa shape index (κ1) is 17.4. The van der Waals surface area contributed by atoms with E-state index in [0.717, 1.165) is 36.3 Å². The molecule has 1 fully saturated rings. The summed E-state index contributed by atoms with van der Waals surface area (Å²) in [4.78, 5) is 17.1. The molecule has 3 aromatic rings. The van der Waals surface area contributed by atoms with Gasteiger partial charge >= 0.3 is 0 Å². The standard InChI is InChI=1S/C21H21FN4O/c22-20-6-4-16(5-7-20)15-25-8-10-26(11-9-25)21(27)18-3-1-2-17(12-18)19-13-23-24-14-19/h1-7,12-14H,8-11,15H2,(H,23,24). The Bertz CT molecular complexity index is 900. The topological polar surface area (TPSA) is 52.2 Å². The molecule has 0 saturated carbocycles. The second-order valence-electron chi connectivity index (χ2n) is 6.76. The Kier molecular flexibility index (Phi) is 4.98. The molecule has 27 heavy (non-hydrogen) atoms. The predicted molar refractivity (Wildman–Crippen MR) is 102 cm³/mol. The Morgan fingerprint density at radius 3 is 2.52 bits per heavy atom. The third kappa shape index (κ3) is 4.06. The molecular weight excluding hydrogens is 343 g/mol. The summed E-state index contributed by atoms with van der Waals surface area (Å²) in [5.74, 6) is -0.159. The molecule has 1 aliphatic heterocycles. The van der Waals surface area contributed by atoms with Gasteiger partial charge in [-0.05, 0) is 35.4 Å². The molecule has 0 radical (unpaired) electrons. The highest BCUT2D eigenvalue weighted by Crippen LogP contribution is 2.20. The zero-order valence-corrected chi connectivity index (χ0v) is 14.9. The Morgan fingerprint density at radius 2 is 1.81 bits per heavy atom. The Labute approximate surface area is 157 Å². The van der Waals surface area contributed by atoms with E-state index in [1.807, 2.05) is 47.5 Å². The molecule has 0 unspecified atom stereocenters. The Morgan fingerprint density at radius 1 is 1.04 bits per heavy atom. The van der Waals surface area contributed by atoms with Gasteiger partial charge in [-0.2, -0.15) is 5.10 Å². The fraction of sp³-hybridized carbons (Fsp3) is 0.238. The molecule has 0 aliphatic carbocycles. The molecule has 2 heterocycles. The van der Waals surface area contributed by atoms with Crippen LogP contribution in [0.5, 0.6) is 0 Å². The summed E-state index contributed by atoms with van der Waals surface area (Å²) in [6, 6.07) is 14.3. The molecule has 4 rings (SSSR count). The first-order valence-electron chi connectivity index (χ1n) is 9.04. The third-order valence-corrected chi connectivity index (χ3v) is 4.92. The van der Waals surface area contributed by atoms with Crippen LogP contribution in [0.25, 0.3) is 11.1 Å². The maximum atomic E-state index is 13.0. The highest BCUT2D eigenvalue weighted by Gasteiger charge is 2.22. The van der Waals surface area contributed by atoms with Crippen molar-refractivity contribution in [2.24, 2.45) is 0 Å². The van der Waals surface area contributed by atoms with Crippen LogP contribution < -0.4 is 0 Å². The van der Waals surface area contributed by atoms with Gasteiger partial charge in [0.15, 0.2) is 0 Å². The molecule has 138 valence electrons. The van der Waals surface area contributed by atoms with Crippen LogP contribution in [0.1, 0.15) is 15.9 Å². The number of carbonyl (C=O) groups is 1. The molecule has 1 aliphatic rings. The number of amides is 1. The SMILES string of the molecule is O=C(c1cccc(-c2cn[nH]c2)c1)N1CCN(Cc2ccc(F)cc2)CC1. The average molecular weight is 364 g/mol. The molecule has 1 aromatic heterocycles. The number of rotatable bonds is 4. The Balaban J connectivity index is 1.37. The zero-order valence-electron chi connectivity index (χ0n) is 14.9. The van der Waals surface area contributed by atoms with Crippen LogP contribution in [0.15, 0.2) is 60.9 Å². The van der Waals surface area contributed by atoms with E-state index in [1.165, 1.54) is 12.1 Å². The number of H-pyrrole nitrogens is 1. The van der Waals surface area contributed by atoms with Gasteiger partial charge in [-0.1, -0.05) is 24.3 Å². The van der Waals surface area contributed by atoms with Crippen molar-refractivity contribution in [3.05, 3.63) is 77.9 Å². The normalized spacial score (nSPS) is 15.1. The lowest BCUT2D eigenvalue weighted by molar-refractivity contribution is 0.0628. The number of nitrogens with one attached hydrogen (secondary N) is 1. The smallest absolute Gasteiger partial charge is 0.253 e. The number of halogens is 1. The third-order valence-electron chi connectivity index (χ3n) is 4.92. The molecule has 2 aromatic carbocycles. The minimum atomic E-state index is -0.216.